The average Bonchev–Trinajstić information content (AvgIpc) is 3.31. The fourth-order valence-corrected chi connectivity index (χ4v) is 4.10. The highest BCUT2D eigenvalue weighted by atomic mass is 32.2. The Morgan fingerprint density at radius 2 is 1.70 bits per heavy atom. The van der Waals surface area contributed by atoms with Gasteiger partial charge in [0.05, 0.1) is 17.9 Å². The average molecular weight is 428 g/mol. The molecule has 0 radical (unpaired) electrons. The van der Waals surface area contributed by atoms with Gasteiger partial charge in [0.25, 0.3) is 0 Å². The van der Waals surface area contributed by atoms with Crippen LogP contribution in [-0.2, 0) is 9.53 Å². The van der Waals surface area contributed by atoms with Crippen molar-refractivity contribution >= 4 is 29.4 Å². The van der Waals surface area contributed by atoms with Crippen molar-refractivity contribution in [2.75, 3.05) is 32.1 Å². The van der Waals surface area contributed by atoms with Crippen LogP contribution >= 0.6 is 11.8 Å². The van der Waals surface area contributed by atoms with Crippen LogP contribution in [0, 0.1) is 0 Å². The molecule has 0 saturated carbocycles. The van der Waals surface area contributed by atoms with E-state index < -0.39 is 5.97 Å². The lowest BCUT2D eigenvalue weighted by Crippen LogP contribution is -2.29. The summed E-state index contributed by atoms with van der Waals surface area (Å²) >= 11 is 1.32. The van der Waals surface area contributed by atoms with Gasteiger partial charge in [-0.05, 0) is 56.2 Å². The molecular formula is C23H25NO5S. The van der Waals surface area contributed by atoms with Crippen LogP contribution in [0.4, 0.5) is 0 Å². The minimum Gasteiger partial charge on any atom is -0.494 e. The number of esters is 1. The van der Waals surface area contributed by atoms with Crippen molar-refractivity contribution in [3.63, 3.8) is 0 Å². The Kier molecular flexibility index (Phi) is 7.90. The molecule has 2 aromatic rings. The number of nitrogens with zero attached hydrogens (tertiary/aromatic N) is 1. The van der Waals surface area contributed by atoms with Gasteiger partial charge in [-0.1, -0.05) is 12.1 Å². The van der Waals surface area contributed by atoms with E-state index in [0.717, 1.165) is 25.9 Å². The molecule has 3 rings (SSSR count). The molecule has 6 nitrogen and oxygen atoms in total. The number of carbonyl (C=O) groups excluding carboxylic acids is 3. The Morgan fingerprint density at radius 1 is 1.00 bits per heavy atom. The minimum atomic E-state index is -0.578. The quantitative estimate of drug-likeness (QED) is 0.344. The first kappa shape index (κ1) is 21.9. The van der Waals surface area contributed by atoms with Crippen LogP contribution in [0.5, 0.6) is 5.75 Å². The van der Waals surface area contributed by atoms with E-state index in [9.17, 15) is 14.4 Å². The first-order valence-corrected chi connectivity index (χ1v) is 11.0. The number of carbonyl (C=O) groups is 3. The Labute approximate surface area is 180 Å². The number of Topliss-reactive ketones (excluding diaryl/α,β-unsaturated/α-hetero) is 1. The second-order valence-corrected chi connectivity index (χ2v) is 7.85. The summed E-state index contributed by atoms with van der Waals surface area (Å²) in [6, 6.07) is 13.7. The van der Waals surface area contributed by atoms with E-state index in [1.165, 1.54) is 11.8 Å². The van der Waals surface area contributed by atoms with Crippen molar-refractivity contribution < 1.29 is 23.9 Å². The number of rotatable bonds is 9. The van der Waals surface area contributed by atoms with Crippen molar-refractivity contribution in [3.8, 4) is 5.75 Å². The molecule has 1 aliphatic rings. The number of likely N-dealkylation sites (tertiary alicyclic amines) is 1. The number of benzene rings is 2. The van der Waals surface area contributed by atoms with Crippen molar-refractivity contribution in [2.45, 2.75) is 24.7 Å². The normalized spacial score (nSPS) is 13.2. The summed E-state index contributed by atoms with van der Waals surface area (Å²) in [4.78, 5) is 39.7. The maximum Gasteiger partial charge on any atom is 0.339 e. The number of amides is 1. The molecule has 1 saturated heterocycles. The minimum absolute atomic E-state index is 0.0753. The van der Waals surface area contributed by atoms with Gasteiger partial charge in [-0.25, -0.2) is 4.79 Å². The standard InChI is InChI=1S/C23H25NO5S/c1-2-28-18-11-9-17(10-12-18)20(25)15-29-23(27)19-7-3-4-8-21(19)30-16-22(26)24-13-5-6-14-24/h3-4,7-12H,2,5-6,13-16H2,1H3. The molecule has 158 valence electrons. The van der Waals surface area contributed by atoms with Crippen LogP contribution in [0.2, 0.25) is 0 Å². The lowest BCUT2D eigenvalue weighted by atomic mass is 10.1. The molecule has 7 heteroatoms. The monoisotopic (exact) mass is 427 g/mol. The third kappa shape index (κ3) is 5.86. The smallest absolute Gasteiger partial charge is 0.339 e. The van der Waals surface area contributed by atoms with Crippen LogP contribution in [0.3, 0.4) is 0 Å². The van der Waals surface area contributed by atoms with E-state index in [1.807, 2.05) is 17.9 Å². The van der Waals surface area contributed by atoms with Crippen molar-refractivity contribution in [3.05, 3.63) is 59.7 Å². The zero-order valence-corrected chi connectivity index (χ0v) is 17.8. The molecule has 0 N–H and O–H groups in total. The summed E-state index contributed by atoms with van der Waals surface area (Å²) in [5.41, 5.74) is 0.807. The van der Waals surface area contributed by atoms with Gasteiger partial charge in [0.15, 0.2) is 12.4 Å². The molecule has 0 aliphatic carbocycles. The van der Waals surface area contributed by atoms with Gasteiger partial charge in [0.1, 0.15) is 5.75 Å². The third-order valence-electron chi connectivity index (χ3n) is 4.74. The topological polar surface area (TPSA) is 72.9 Å². The molecule has 0 spiro atoms. The van der Waals surface area contributed by atoms with Crippen LogP contribution in [0.1, 0.15) is 40.5 Å². The van der Waals surface area contributed by atoms with E-state index in [1.54, 1.807) is 42.5 Å². The van der Waals surface area contributed by atoms with Crippen LogP contribution in [0.25, 0.3) is 0 Å². The Balaban J connectivity index is 1.55. The second-order valence-electron chi connectivity index (χ2n) is 6.83. The molecule has 0 unspecified atom stereocenters. The van der Waals surface area contributed by atoms with E-state index in [0.29, 0.717) is 28.4 Å². The summed E-state index contributed by atoms with van der Waals surface area (Å²) in [5, 5.41) is 0. The molecule has 0 bridgehead atoms. The molecule has 0 atom stereocenters. The highest BCUT2D eigenvalue weighted by Crippen LogP contribution is 2.24. The number of thioether (sulfide) groups is 1. The lowest BCUT2D eigenvalue weighted by molar-refractivity contribution is -0.127. The summed E-state index contributed by atoms with van der Waals surface area (Å²) in [5.74, 6) is 0.161. The fraction of sp³-hybridized carbons (Fsp3) is 0.348. The Bertz CT molecular complexity index is 891. The maximum atomic E-state index is 12.5. The zero-order chi connectivity index (χ0) is 21.3. The number of ether oxygens (including phenoxy) is 2. The van der Waals surface area contributed by atoms with E-state index in [4.69, 9.17) is 9.47 Å². The lowest BCUT2D eigenvalue weighted by Gasteiger charge is -2.15. The highest BCUT2D eigenvalue weighted by Gasteiger charge is 2.20. The maximum absolute atomic E-state index is 12.5. The van der Waals surface area contributed by atoms with Gasteiger partial charge < -0.3 is 14.4 Å². The number of hydrogen-bond acceptors (Lipinski definition) is 6. The van der Waals surface area contributed by atoms with Gasteiger partial charge >= 0.3 is 5.97 Å². The van der Waals surface area contributed by atoms with Crippen molar-refractivity contribution in [1.82, 2.24) is 4.90 Å². The second kappa shape index (κ2) is 10.8. The molecule has 1 aliphatic heterocycles. The van der Waals surface area contributed by atoms with Crippen LogP contribution in [0.15, 0.2) is 53.4 Å². The van der Waals surface area contributed by atoms with Gasteiger partial charge in [-0.2, -0.15) is 0 Å². The summed E-state index contributed by atoms with van der Waals surface area (Å²) in [6.45, 7) is 3.69. The molecule has 1 fully saturated rings. The van der Waals surface area contributed by atoms with Crippen molar-refractivity contribution in [2.24, 2.45) is 0 Å². The molecule has 30 heavy (non-hydrogen) atoms. The Morgan fingerprint density at radius 3 is 2.40 bits per heavy atom. The summed E-state index contributed by atoms with van der Waals surface area (Å²) in [6.07, 6.45) is 2.09. The van der Waals surface area contributed by atoms with Gasteiger partial charge in [0, 0.05) is 23.5 Å². The van der Waals surface area contributed by atoms with Crippen LogP contribution < -0.4 is 4.74 Å². The first-order chi connectivity index (χ1) is 14.6. The number of hydrogen-bond donors (Lipinski definition) is 0. The Hall–Kier alpha value is -2.80. The first-order valence-electron chi connectivity index (χ1n) is 10.0. The van der Waals surface area contributed by atoms with Gasteiger partial charge in [0.2, 0.25) is 5.91 Å². The van der Waals surface area contributed by atoms with Gasteiger partial charge in [-0.15, -0.1) is 11.8 Å². The zero-order valence-electron chi connectivity index (χ0n) is 17.0. The summed E-state index contributed by atoms with van der Waals surface area (Å²) in [7, 11) is 0. The molecule has 1 heterocycles. The molecule has 2 aromatic carbocycles. The fourth-order valence-electron chi connectivity index (χ4n) is 3.15. The van der Waals surface area contributed by atoms with Gasteiger partial charge in [-0.3, -0.25) is 9.59 Å². The molecule has 1 amide bonds. The molecule has 0 aromatic heterocycles. The number of ketones is 1. The predicted molar refractivity (Wildman–Crippen MR) is 115 cm³/mol. The van der Waals surface area contributed by atoms with E-state index in [2.05, 4.69) is 0 Å². The van der Waals surface area contributed by atoms with Crippen LogP contribution in [-0.4, -0.2) is 54.6 Å². The molecular weight excluding hydrogens is 402 g/mol. The van der Waals surface area contributed by atoms with Crippen molar-refractivity contribution in [1.29, 1.82) is 0 Å². The predicted octanol–water partition coefficient (Wildman–Crippen LogP) is 3.84. The SMILES string of the molecule is CCOc1ccc(C(=O)COC(=O)c2ccccc2SCC(=O)N2CCCC2)cc1. The summed E-state index contributed by atoms with van der Waals surface area (Å²) < 4.78 is 10.6. The third-order valence-corrected chi connectivity index (χ3v) is 5.80. The van der Waals surface area contributed by atoms with E-state index >= 15 is 0 Å². The highest BCUT2D eigenvalue weighted by molar-refractivity contribution is 8.00. The largest absolute Gasteiger partial charge is 0.494 e. The van der Waals surface area contributed by atoms with E-state index in [-0.39, 0.29) is 24.1 Å².